The molecular formula is C27H31F3N4O5. The fourth-order valence-corrected chi connectivity index (χ4v) is 5.41. The molecule has 2 fully saturated rings. The summed E-state index contributed by atoms with van der Waals surface area (Å²) in [5.74, 6) is -1.44. The summed E-state index contributed by atoms with van der Waals surface area (Å²) in [6.07, 6.45) is 0.778. The minimum Gasteiger partial charge on any atom is -0.481 e. The molecule has 2 aliphatic rings. The van der Waals surface area contributed by atoms with Crippen LogP contribution in [0.25, 0.3) is 0 Å². The summed E-state index contributed by atoms with van der Waals surface area (Å²) < 4.78 is 41.0. The van der Waals surface area contributed by atoms with Gasteiger partial charge in [0.2, 0.25) is 5.91 Å². The van der Waals surface area contributed by atoms with Gasteiger partial charge in [-0.15, -0.1) is 13.2 Å². The Kier molecular flexibility index (Phi) is 8.61. The number of nitrogens with one attached hydrogen (secondary N) is 1. The first-order valence-corrected chi connectivity index (χ1v) is 12.9. The molecule has 2 amide bonds. The predicted octanol–water partition coefficient (Wildman–Crippen LogP) is 4.80. The number of benzene rings is 1. The average molecular weight is 549 g/mol. The van der Waals surface area contributed by atoms with Crippen LogP contribution in [0.2, 0.25) is 0 Å². The number of halogens is 3. The van der Waals surface area contributed by atoms with Crippen molar-refractivity contribution in [3.8, 4) is 5.75 Å². The third kappa shape index (κ3) is 7.39. The number of carboxylic acids is 1. The molecule has 0 unspecified atom stereocenters. The molecule has 9 nitrogen and oxygen atoms in total. The van der Waals surface area contributed by atoms with E-state index in [-0.39, 0.29) is 47.3 Å². The molecule has 1 saturated heterocycles. The lowest BCUT2D eigenvalue weighted by atomic mass is 9.80. The number of hydrogen-bond donors (Lipinski definition) is 3. The van der Waals surface area contributed by atoms with Crippen LogP contribution in [0.15, 0.2) is 36.5 Å². The van der Waals surface area contributed by atoms with Crippen LogP contribution in [-0.2, 0) is 9.59 Å². The number of carbonyl (C=O) groups is 3. The highest BCUT2D eigenvalue weighted by Gasteiger charge is 2.32. The molecule has 1 aromatic carbocycles. The van der Waals surface area contributed by atoms with Gasteiger partial charge in [-0.2, -0.15) is 0 Å². The summed E-state index contributed by atoms with van der Waals surface area (Å²) in [4.78, 5) is 42.5. The van der Waals surface area contributed by atoms with Gasteiger partial charge in [-0.1, -0.05) is 0 Å². The fraction of sp³-hybridized carbons (Fsp3) is 0.481. The molecule has 4 rings (SSSR count). The number of pyridine rings is 1. The maximum atomic E-state index is 12.9. The highest BCUT2D eigenvalue weighted by atomic mass is 19.4. The Labute approximate surface area is 223 Å². The molecule has 2 aromatic rings. The molecule has 0 atom stereocenters. The zero-order valence-electron chi connectivity index (χ0n) is 21.2. The fourth-order valence-electron chi connectivity index (χ4n) is 5.41. The lowest BCUT2D eigenvalue weighted by molar-refractivity contribution is -0.274. The SMILES string of the molecule is Nc1c(C2CCN(C(=O)c3ccc(OC(F)(F)F)cc3)CC2)ccnc1NC(=O)C1CCC(CC(=O)O)CC1. The largest absolute Gasteiger partial charge is 0.573 e. The second-order valence-corrected chi connectivity index (χ2v) is 10.1. The Morgan fingerprint density at radius 2 is 1.67 bits per heavy atom. The Hall–Kier alpha value is -3.83. The first-order chi connectivity index (χ1) is 18.5. The Bertz CT molecular complexity index is 1190. The summed E-state index contributed by atoms with van der Waals surface area (Å²) in [5.41, 5.74) is 7.89. The molecule has 0 spiro atoms. The van der Waals surface area contributed by atoms with Crippen molar-refractivity contribution in [1.82, 2.24) is 9.88 Å². The standard InChI is InChI=1S/C27H31F3N4O5/c28-27(29,30)39-20-7-5-19(6-8-20)26(38)34-13-10-17(11-14-34)21-9-12-32-24(23(21)31)33-25(37)18-3-1-16(2-4-18)15-22(35)36/h5-9,12,16-18H,1-4,10-11,13-15,31H2,(H,35,36)(H,32,33,37). The number of hydrogen-bond acceptors (Lipinski definition) is 6. The maximum Gasteiger partial charge on any atom is 0.573 e. The number of alkyl halides is 3. The highest BCUT2D eigenvalue weighted by Crippen LogP contribution is 2.36. The lowest BCUT2D eigenvalue weighted by Gasteiger charge is -2.33. The second-order valence-electron chi connectivity index (χ2n) is 10.1. The monoisotopic (exact) mass is 548 g/mol. The molecule has 0 radical (unpaired) electrons. The van der Waals surface area contributed by atoms with Crippen LogP contribution in [0.3, 0.4) is 0 Å². The quantitative estimate of drug-likeness (QED) is 0.452. The topological polar surface area (TPSA) is 135 Å². The van der Waals surface area contributed by atoms with Crippen LogP contribution >= 0.6 is 0 Å². The molecule has 210 valence electrons. The minimum atomic E-state index is -4.80. The third-order valence-corrected chi connectivity index (χ3v) is 7.50. The molecule has 1 aliphatic carbocycles. The van der Waals surface area contributed by atoms with Crippen LogP contribution in [0.4, 0.5) is 24.7 Å². The molecule has 0 bridgehead atoms. The molecule has 2 heterocycles. The number of carbonyl (C=O) groups excluding carboxylic acids is 2. The molecule has 1 aliphatic heterocycles. The van der Waals surface area contributed by atoms with E-state index < -0.39 is 12.3 Å². The summed E-state index contributed by atoms with van der Waals surface area (Å²) in [7, 11) is 0. The number of likely N-dealkylation sites (tertiary alicyclic amines) is 1. The van der Waals surface area contributed by atoms with Crippen LogP contribution in [0.5, 0.6) is 5.75 Å². The van der Waals surface area contributed by atoms with Gasteiger partial charge in [-0.25, -0.2) is 4.98 Å². The number of rotatable bonds is 7. The smallest absolute Gasteiger partial charge is 0.481 e. The zero-order chi connectivity index (χ0) is 28.2. The van der Waals surface area contributed by atoms with Crippen molar-refractivity contribution in [2.45, 2.75) is 57.2 Å². The van der Waals surface area contributed by atoms with Crippen LogP contribution in [0, 0.1) is 11.8 Å². The number of aliphatic carboxylic acids is 1. The number of aromatic nitrogens is 1. The first-order valence-electron chi connectivity index (χ1n) is 12.9. The number of anilines is 2. The van der Waals surface area contributed by atoms with Gasteiger partial charge < -0.3 is 25.8 Å². The van der Waals surface area contributed by atoms with Gasteiger partial charge in [0, 0.05) is 37.2 Å². The van der Waals surface area contributed by atoms with Crippen LogP contribution in [-0.4, -0.2) is 52.2 Å². The van der Waals surface area contributed by atoms with Gasteiger partial charge >= 0.3 is 12.3 Å². The molecule has 39 heavy (non-hydrogen) atoms. The van der Waals surface area contributed by atoms with E-state index in [0.717, 1.165) is 17.7 Å². The molecule has 12 heteroatoms. The first kappa shape index (κ1) is 28.2. The molecule has 1 aromatic heterocycles. The average Bonchev–Trinajstić information content (AvgIpc) is 2.89. The number of amides is 2. The lowest BCUT2D eigenvalue weighted by Crippen LogP contribution is -2.38. The molecular weight excluding hydrogens is 517 g/mol. The summed E-state index contributed by atoms with van der Waals surface area (Å²) in [6, 6.07) is 6.66. The number of nitrogens with zero attached hydrogens (tertiary/aromatic N) is 2. The third-order valence-electron chi connectivity index (χ3n) is 7.50. The summed E-state index contributed by atoms with van der Waals surface area (Å²) >= 11 is 0. The van der Waals surface area contributed by atoms with E-state index in [2.05, 4.69) is 15.0 Å². The Morgan fingerprint density at radius 3 is 2.26 bits per heavy atom. The number of nitrogens with two attached hydrogens (primary N) is 1. The van der Waals surface area contributed by atoms with E-state index in [1.54, 1.807) is 11.1 Å². The van der Waals surface area contributed by atoms with E-state index >= 15 is 0 Å². The van der Waals surface area contributed by atoms with E-state index in [1.165, 1.54) is 12.1 Å². The highest BCUT2D eigenvalue weighted by molar-refractivity contribution is 5.95. The van der Waals surface area contributed by atoms with Gasteiger partial charge in [0.25, 0.3) is 5.91 Å². The summed E-state index contributed by atoms with van der Waals surface area (Å²) in [5, 5.41) is 11.8. The number of ether oxygens (including phenoxy) is 1. The van der Waals surface area contributed by atoms with Gasteiger partial charge in [-0.3, -0.25) is 14.4 Å². The van der Waals surface area contributed by atoms with Crippen molar-refractivity contribution >= 4 is 29.3 Å². The summed E-state index contributed by atoms with van der Waals surface area (Å²) in [6.45, 7) is 0.876. The molecule has 4 N–H and O–H groups in total. The van der Waals surface area contributed by atoms with Crippen molar-refractivity contribution in [1.29, 1.82) is 0 Å². The zero-order valence-corrected chi connectivity index (χ0v) is 21.2. The van der Waals surface area contributed by atoms with E-state index in [4.69, 9.17) is 10.8 Å². The Morgan fingerprint density at radius 1 is 1.03 bits per heavy atom. The van der Waals surface area contributed by atoms with E-state index in [9.17, 15) is 27.6 Å². The minimum absolute atomic E-state index is 0.0433. The van der Waals surface area contributed by atoms with E-state index in [1.807, 2.05) is 6.07 Å². The second kappa shape index (κ2) is 11.9. The normalized spacial score (nSPS) is 20.3. The van der Waals surface area contributed by atoms with Gasteiger partial charge in [-0.05, 0) is 86.3 Å². The number of nitrogen functional groups attached to an aromatic ring is 1. The van der Waals surface area contributed by atoms with Crippen molar-refractivity contribution in [3.05, 3.63) is 47.7 Å². The van der Waals surface area contributed by atoms with Crippen molar-refractivity contribution in [2.24, 2.45) is 11.8 Å². The van der Waals surface area contributed by atoms with Gasteiger partial charge in [0.15, 0.2) is 5.82 Å². The van der Waals surface area contributed by atoms with Crippen molar-refractivity contribution in [2.75, 3.05) is 24.1 Å². The maximum absolute atomic E-state index is 12.9. The van der Waals surface area contributed by atoms with Gasteiger partial charge in [0.1, 0.15) is 5.75 Å². The van der Waals surface area contributed by atoms with E-state index in [0.29, 0.717) is 63.1 Å². The Balaban J connectivity index is 1.32. The molecule has 1 saturated carbocycles. The van der Waals surface area contributed by atoms with Crippen molar-refractivity contribution in [3.63, 3.8) is 0 Å². The van der Waals surface area contributed by atoms with Gasteiger partial charge in [0.05, 0.1) is 5.69 Å². The number of piperidine rings is 1. The number of carboxylic acid groups (broad SMARTS) is 1. The van der Waals surface area contributed by atoms with Crippen molar-refractivity contribution < 1.29 is 37.4 Å². The van der Waals surface area contributed by atoms with Crippen LogP contribution < -0.4 is 15.8 Å². The van der Waals surface area contributed by atoms with Crippen LogP contribution in [0.1, 0.15) is 66.8 Å². The predicted molar refractivity (Wildman–Crippen MR) is 136 cm³/mol.